The Morgan fingerprint density at radius 3 is 2.23 bits per heavy atom. The number of aromatic nitrogens is 2. The van der Waals surface area contributed by atoms with E-state index in [0.29, 0.717) is 22.2 Å². The Labute approximate surface area is 279 Å². The van der Waals surface area contributed by atoms with Crippen LogP contribution in [0.25, 0.3) is 16.6 Å². The number of aryl methyl sites for hydroxylation is 1. The van der Waals surface area contributed by atoms with E-state index in [0.717, 1.165) is 36.7 Å². The number of amides is 1. The molecule has 1 aliphatic carbocycles. The molecule has 0 spiro atoms. The van der Waals surface area contributed by atoms with Crippen molar-refractivity contribution in [1.82, 2.24) is 14.5 Å². The fourth-order valence-electron chi connectivity index (χ4n) is 5.54. The predicted molar refractivity (Wildman–Crippen MR) is 176 cm³/mol. The highest BCUT2D eigenvalue weighted by Crippen LogP contribution is 2.25. The van der Waals surface area contributed by atoms with E-state index >= 15 is 0 Å². The maximum atomic E-state index is 13.4. The summed E-state index contributed by atoms with van der Waals surface area (Å²) in [4.78, 5) is 65.3. The summed E-state index contributed by atoms with van der Waals surface area (Å²) in [7, 11) is 1.58. The molecule has 0 saturated heterocycles. The van der Waals surface area contributed by atoms with Crippen molar-refractivity contribution in [1.29, 1.82) is 0 Å². The lowest BCUT2D eigenvalue weighted by molar-refractivity contribution is -0.171. The van der Waals surface area contributed by atoms with Crippen LogP contribution in [0.4, 0.5) is 4.79 Å². The number of rotatable bonds is 9. The molecule has 1 amide bonds. The molecule has 246 valence electrons. The second-order valence-electron chi connectivity index (χ2n) is 11.2. The van der Waals surface area contributed by atoms with E-state index in [4.69, 9.17) is 37.4 Å². The molecule has 0 bridgehead atoms. The van der Waals surface area contributed by atoms with Gasteiger partial charge < -0.3 is 19.5 Å². The summed E-state index contributed by atoms with van der Waals surface area (Å²) >= 11 is 12.5. The van der Waals surface area contributed by atoms with Crippen molar-refractivity contribution in [2.75, 3.05) is 0 Å². The number of halogens is 2. The number of para-hydroxylation sites is 1. The average molecular weight is 683 g/mol. The van der Waals surface area contributed by atoms with Gasteiger partial charge in [-0.05, 0) is 67.6 Å². The largest absolute Gasteiger partial charge is 0.511 e. The molecule has 3 aromatic carbocycles. The number of nitrogens with zero attached hydrogens (tertiary/aromatic N) is 2. The smallest absolute Gasteiger partial charge is 0.431 e. The summed E-state index contributed by atoms with van der Waals surface area (Å²) in [5.41, 5.74) is 0.342. The SMILES string of the molecule is CC(OC(=O)OC1CCCCC1)OC(=O)[C@H](Cc1ccc(-n2c(=O)c3ccccc3n(C)c2=O)cc1)NC(=O)c1c(Cl)cccc1Cl. The second kappa shape index (κ2) is 14.9. The lowest BCUT2D eigenvalue weighted by Gasteiger charge is -2.23. The molecule has 0 radical (unpaired) electrons. The summed E-state index contributed by atoms with van der Waals surface area (Å²) in [5, 5.41) is 3.15. The molecule has 1 aromatic heterocycles. The number of hydrogen-bond acceptors (Lipinski definition) is 8. The van der Waals surface area contributed by atoms with Crippen LogP contribution in [-0.4, -0.2) is 45.6 Å². The van der Waals surface area contributed by atoms with Gasteiger partial charge in [-0.3, -0.25) is 14.2 Å². The van der Waals surface area contributed by atoms with Crippen LogP contribution in [0, 0.1) is 0 Å². The van der Waals surface area contributed by atoms with Gasteiger partial charge in [-0.2, -0.15) is 0 Å². The third-order valence-corrected chi connectivity index (χ3v) is 8.58. The van der Waals surface area contributed by atoms with Crippen molar-refractivity contribution in [3.63, 3.8) is 0 Å². The van der Waals surface area contributed by atoms with Gasteiger partial charge >= 0.3 is 17.8 Å². The average Bonchev–Trinajstić information content (AvgIpc) is 3.04. The van der Waals surface area contributed by atoms with Crippen LogP contribution < -0.4 is 16.6 Å². The summed E-state index contributed by atoms with van der Waals surface area (Å²) in [6.07, 6.45) is 1.88. The van der Waals surface area contributed by atoms with Gasteiger partial charge in [-0.15, -0.1) is 0 Å². The monoisotopic (exact) mass is 681 g/mol. The zero-order valence-electron chi connectivity index (χ0n) is 25.7. The van der Waals surface area contributed by atoms with Crippen LogP contribution in [0.2, 0.25) is 10.0 Å². The van der Waals surface area contributed by atoms with E-state index < -0.39 is 41.6 Å². The highest BCUT2D eigenvalue weighted by Gasteiger charge is 2.29. The number of fused-ring (bicyclic) bond motifs is 1. The van der Waals surface area contributed by atoms with Crippen LogP contribution in [0.1, 0.15) is 54.9 Å². The second-order valence-corrected chi connectivity index (χ2v) is 12.1. The quantitative estimate of drug-likeness (QED) is 0.175. The van der Waals surface area contributed by atoms with E-state index in [1.807, 2.05) is 0 Å². The van der Waals surface area contributed by atoms with Crippen molar-refractivity contribution in [2.24, 2.45) is 7.05 Å². The predicted octanol–water partition coefficient (Wildman–Crippen LogP) is 5.71. The lowest BCUT2D eigenvalue weighted by Crippen LogP contribution is -2.45. The number of ether oxygens (including phenoxy) is 3. The van der Waals surface area contributed by atoms with E-state index in [1.54, 1.807) is 61.6 Å². The molecule has 1 saturated carbocycles. The Hall–Kier alpha value is -4.61. The van der Waals surface area contributed by atoms with E-state index in [-0.39, 0.29) is 28.1 Å². The van der Waals surface area contributed by atoms with Crippen LogP contribution in [-0.2, 0) is 32.5 Å². The van der Waals surface area contributed by atoms with E-state index in [2.05, 4.69) is 5.32 Å². The fourth-order valence-corrected chi connectivity index (χ4v) is 6.11. The minimum Gasteiger partial charge on any atom is -0.431 e. The lowest BCUT2D eigenvalue weighted by atomic mass is 9.98. The molecular weight excluding hydrogens is 649 g/mol. The van der Waals surface area contributed by atoms with Crippen LogP contribution in [0.3, 0.4) is 0 Å². The number of hydrogen-bond donors (Lipinski definition) is 1. The minimum atomic E-state index is -1.32. The molecule has 2 atom stereocenters. The Balaban J connectivity index is 1.36. The molecule has 13 heteroatoms. The first kappa shape index (κ1) is 33.7. The number of carbonyl (C=O) groups is 3. The first-order valence-corrected chi connectivity index (χ1v) is 15.9. The van der Waals surface area contributed by atoms with Crippen molar-refractivity contribution in [2.45, 2.75) is 63.9 Å². The fraction of sp³-hybridized carbons (Fsp3) is 0.324. The Bertz CT molecular complexity index is 1900. The van der Waals surface area contributed by atoms with Gasteiger partial charge in [-0.1, -0.05) is 60.0 Å². The van der Waals surface area contributed by atoms with Gasteiger partial charge in [0.05, 0.1) is 32.2 Å². The highest BCUT2D eigenvalue weighted by molar-refractivity contribution is 6.39. The molecule has 1 heterocycles. The number of nitrogens with one attached hydrogen (secondary N) is 1. The van der Waals surface area contributed by atoms with Crippen LogP contribution in [0.5, 0.6) is 0 Å². The van der Waals surface area contributed by atoms with E-state index in [1.165, 1.54) is 23.6 Å². The Morgan fingerprint density at radius 1 is 0.894 bits per heavy atom. The van der Waals surface area contributed by atoms with Gasteiger partial charge in [0.15, 0.2) is 0 Å². The summed E-state index contributed by atoms with van der Waals surface area (Å²) in [5.74, 6) is -1.63. The molecular formula is C34H33Cl2N3O8. The molecule has 4 aromatic rings. The molecule has 47 heavy (non-hydrogen) atoms. The van der Waals surface area contributed by atoms with E-state index in [9.17, 15) is 24.0 Å². The van der Waals surface area contributed by atoms with Crippen molar-refractivity contribution in [3.05, 3.63) is 109 Å². The van der Waals surface area contributed by atoms with Gasteiger partial charge in [0.1, 0.15) is 12.1 Å². The van der Waals surface area contributed by atoms with Crippen molar-refractivity contribution < 1.29 is 28.6 Å². The molecule has 1 aliphatic rings. The number of carbonyl (C=O) groups excluding carboxylic acids is 3. The van der Waals surface area contributed by atoms with Gasteiger partial charge in [0.2, 0.25) is 6.29 Å². The first-order chi connectivity index (χ1) is 22.5. The maximum absolute atomic E-state index is 13.4. The summed E-state index contributed by atoms with van der Waals surface area (Å²) < 4.78 is 18.3. The topological polar surface area (TPSA) is 135 Å². The zero-order chi connectivity index (χ0) is 33.7. The number of benzene rings is 3. The minimum absolute atomic E-state index is 0.0316. The van der Waals surface area contributed by atoms with Crippen molar-refractivity contribution >= 4 is 52.1 Å². The summed E-state index contributed by atoms with van der Waals surface area (Å²) in [6, 6.07) is 16.4. The van der Waals surface area contributed by atoms with Gasteiger partial charge in [0, 0.05) is 20.4 Å². The molecule has 0 aliphatic heterocycles. The molecule has 11 nitrogen and oxygen atoms in total. The molecule has 5 rings (SSSR count). The van der Waals surface area contributed by atoms with Crippen molar-refractivity contribution in [3.8, 4) is 5.69 Å². The third kappa shape index (κ3) is 7.86. The first-order valence-electron chi connectivity index (χ1n) is 15.2. The van der Waals surface area contributed by atoms with Crippen LogP contribution >= 0.6 is 23.2 Å². The third-order valence-electron chi connectivity index (χ3n) is 7.95. The summed E-state index contributed by atoms with van der Waals surface area (Å²) in [6.45, 7) is 1.36. The normalized spacial score (nSPS) is 14.6. The molecule has 1 unspecified atom stereocenters. The maximum Gasteiger partial charge on any atom is 0.511 e. The Morgan fingerprint density at radius 2 is 1.55 bits per heavy atom. The standard InChI is InChI=1S/C34H33Cl2N3O8/c1-20(46-34(44)47-23-9-4-3-5-10-23)45-32(42)27(37-30(40)29-25(35)12-8-13-26(29)36)19-21-15-17-22(18-16-21)39-31(41)24-11-6-7-14-28(24)38(2)33(39)43/h6-8,11-18,20,23,27H,3-5,9-10,19H2,1-2H3,(H,37,40)/t20?,27-/m0/s1. The highest BCUT2D eigenvalue weighted by atomic mass is 35.5. The Kier molecular flexibility index (Phi) is 10.7. The zero-order valence-corrected chi connectivity index (χ0v) is 27.3. The van der Waals surface area contributed by atoms with Gasteiger partial charge in [0.25, 0.3) is 11.5 Å². The molecule has 1 fully saturated rings. The van der Waals surface area contributed by atoms with Crippen LogP contribution in [0.15, 0.2) is 76.3 Å². The molecule has 1 N–H and O–H groups in total. The van der Waals surface area contributed by atoms with Gasteiger partial charge in [-0.25, -0.2) is 19.0 Å². The number of esters is 1.